The highest BCUT2D eigenvalue weighted by atomic mass is 35.5. The van der Waals surface area contributed by atoms with Crippen molar-refractivity contribution in [3.05, 3.63) is 28.8 Å². The van der Waals surface area contributed by atoms with E-state index in [2.05, 4.69) is 5.32 Å². The molecule has 1 rings (SSSR count). The Morgan fingerprint density at radius 3 is 2.82 bits per heavy atom. The first-order chi connectivity index (χ1) is 8.15. The normalized spacial score (nSPS) is 10.2. The number of phenolic OH excluding ortho intramolecular Hbond substituents is 1. The molecule has 94 valence electrons. The van der Waals surface area contributed by atoms with E-state index in [1.165, 1.54) is 12.1 Å². The van der Waals surface area contributed by atoms with Gasteiger partial charge in [0.2, 0.25) is 0 Å². The van der Waals surface area contributed by atoms with Crippen molar-refractivity contribution < 1.29 is 14.6 Å². The lowest BCUT2D eigenvalue weighted by Crippen LogP contribution is -2.27. The minimum atomic E-state index is -0.367. The summed E-state index contributed by atoms with van der Waals surface area (Å²) in [5.74, 6) is -0.0864. The molecule has 0 aromatic heterocycles. The zero-order valence-corrected chi connectivity index (χ0v) is 10.6. The van der Waals surface area contributed by atoms with Gasteiger partial charge in [-0.2, -0.15) is 0 Å². The lowest BCUT2D eigenvalue weighted by atomic mass is 10.2. The number of nitrogens with one attached hydrogen (secondary N) is 1. The van der Waals surface area contributed by atoms with Gasteiger partial charge in [0.25, 0.3) is 5.91 Å². The molecule has 17 heavy (non-hydrogen) atoms. The Morgan fingerprint density at radius 2 is 2.18 bits per heavy atom. The lowest BCUT2D eigenvalue weighted by molar-refractivity contribution is 0.0921. The van der Waals surface area contributed by atoms with Gasteiger partial charge in [-0.3, -0.25) is 4.79 Å². The molecule has 0 unspecified atom stereocenters. The molecule has 0 saturated heterocycles. The molecule has 1 aromatic carbocycles. The molecular formula is C11H13Cl2NO3. The van der Waals surface area contributed by atoms with Crippen molar-refractivity contribution in [3.8, 4) is 5.75 Å². The van der Waals surface area contributed by atoms with Crippen molar-refractivity contribution in [1.82, 2.24) is 5.32 Å². The van der Waals surface area contributed by atoms with Gasteiger partial charge in [-0.15, -0.1) is 11.6 Å². The maximum absolute atomic E-state index is 11.6. The number of carbonyl (C=O) groups is 1. The van der Waals surface area contributed by atoms with Crippen molar-refractivity contribution in [1.29, 1.82) is 0 Å². The number of hydrogen-bond donors (Lipinski definition) is 2. The van der Waals surface area contributed by atoms with E-state index >= 15 is 0 Å². The fraction of sp³-hybridized carbons (Fsp3) is 0.364. The van der Waals surface area contributed by atoms with Gasteiger partial charge in [0.15, 0.2) is 0 Å². The lowest BCUT2D eigenvalue weighted by Gasteiger charge is -2.07. The minimum Gasteiger partial charge on any atom is -0.507 e. The van der Waals surface area contributed by atoms with E-state index in [9.17, 15) is 9.90 Å². The molecule has 0 spiro atoms. The maximum atomic E-state index is 11.6. The minimum absolute atomic E-state index is 0.142. The van der Waals surface area contributed by atoms with Crippen LogP contribution >= 0.6 is 23.2 Å². The smallest absolute Gasteiger partial charge is 0.255 e. The topological polar surface area (TPSA) is 58.6 Å². The Hall–Kier alpha value is -0.970. The van der Waals surface area contributed by atoms with Crippen LogP contribution in [0.2, 0.25) is 5.02 Å². The number of halogens is 2. The Labute approximate surface area is 109 Å². The fourth-order valence-electron chi connectivity index (χ4n) is 1.19. The van der Waals surface area contributed by atoms with Crippen LogP contribution < -0.4 is 5.32 Å². The molecule has 0 fully saturated rings. The number of ether oxygens (including phenoxy) is 1. The van der Waals surface area contributed by atoms with Gasteiger partial charge in [-0.05, 0) is 18.2 Å². The SMILES string of the molecule is O=C(NCCOCCCl)c1ccc(Cl)cc1O. The van der Waals surface area contributed by atoms with Gasteiger partial charge in [0, 0.05) is 17.4 Å². The summed E-state index contributed by atoms with van der Waals surface area (Å²) in [7, 11) is 0. The van der Waals surface area contributed by atoms with E-state index in [4.69, 9.17) is 27.9 Å². The molecular weight excluding hydrogens is 265 g/mol. The van der Waals surface area contributed by atoms with Crippen LogP contribution in [0.4, 0.5) is 0 Å². The molecule has 6 heteroatoms. The predicted molar refractivity (Wildman–Crippen MR) is 67.0 cm³/mol. The number of amides is 1. The summed E-state index contributed by atoms with van der Waals surface area (Å²) in [5, 5.41) is 12.5. The van der Waals surface area contributed by atoms with Crippen molar-refractivity contribution >= 4 is 29.1 Å². The van der Waals surface area contributed by atoms with Crippen molar-refractivity contribution in [3.63, 3.8) is 0 Å². The second-order valence-electron chi connectivity index (χ2n) is 3.22. The van der Waals surface area contributed by atoms with Gasteiger partial charge in [0.05, 0.1) is 18.8 Å². The number of hydrogen-bond acceptors (Lipinski definition) is 3. The van der Waals surface area contributed by atoms with Crippen LogP contribution in [0, 0.1) is 0 Å². The summed E-state index contributed by atoms with van der Waals surface area (Å²) in [4.78, 5) is 11.6. The van der Waals surface area contributed by atoms with Crippen molar-refractivity contribution in [2.75, 3.05) is 25.6 Å². The summed E-state index contributed by atoms with van der Waals surface area (Å²) in [6.07, 6.45) is 0. The summed E-state index contributed by atoms with van der Waals surface area (Å²) in [6.45, 7) is 1.19. The summed E-state index contributed by atoms with van der Waals surface area (Å²) < 4.78 is 5.09. The van der Waals surface area contributed by atoms with Gasteiger partial charge in [-0.1, -0.05) is 11.6 Å². The van der Waals surface area contributed by atoms with Crippen LogP contribution in [0.5, 0.6) is 5.75 Å². The molecule has 0 aliphatic heterocycles. The number of phenols is 1. The molecule has 4 nitrogen and oxygen atoms in total. The second kappa shape index (κ2) is 7.37. The van der Waals surface area contributed by atoms with Crippen LogP contribution in [0.25, 0.3) is 0 Å². The zero-order valence-electron chi connectivity index (χ0n) is 9.08. The van der Waals surface area contributed by atoms with Gasteiger partial charge in [0.1, 0.15) is 5.75 Å². The Balaban J connectivity index is 2.42. The van der Waals surface area contributed by atoms with Crippen molar-refractivity contribution in [2.45, 2.75) is 0 Å². The molecule has 0 radical (unpaired) electrons. The van der Waals surface area contributed by atoms with E-state index < -0.39 is 0 Å². The van der Waals surface area contributed by atoms with E-state index in [0.29, 0.717) is 30.7 Å². The van der Waals surface area contributed by atoms with Crippen LogP contribution in [-0.4, -0.2) is 36.7 Å². The highest BCUT2D eigenvalue weighted by molar-refractivity contribution is 6.30. The quantitative estimate of drug-likeness (QED) is 0.618. The molecule has 0 aliphatic rings. The van der Waals surface area contributed by atoms with E-state index in [-0.39, 0.29) is 17.2 Å². The van der Waals surface area contributed by atoms with E-state index in [1.54, 1.807) is 6.07 Å². The average molecular weight is 278 g/mol. The first-order valence-electron chi connectivity index (χ1n) is 5.05. The van der Waals surface area contributed by atoms with Gasteiger partial charge < -0.3 is 15.2 Å². The van der Waals surface area contributed by atoms with Gasteiger partial charge >= 0.3 is 0 Å². The number of benzene rings is 1. The zero-order chi connectivity index (χ0) is 12.7. The highest BCUT2D eigenvalue weighted by Gasteiger charge is 2.10. The van der Waals surface area contributed by atoms with Crippen LogP contribution in [-0.2, 0) is 4.74 Å². The summed E-state index contributed by atoms with van der Waals surface area (Å²) in [5.41, 5.74) is 0.187. The predicted octanol–water partition coefficient (Wildman–Crippen LogP) is 2.03. The molecule has 0 aliphatic carbocycles. The molecule has 1 aromatic rings. The van der Waals surface area contributed by atoms with Crippen LogP contribution in [0.3, 0.4) is 0 Å². The molecule has 0 heterocycles. The molecule has 0 saturated carbocycles. The molecule has 1 amide bonds. The number of alkyl halides is 1. The largest absolute Gasteiger partial charge is 0.507 e. The third-order valence-corrected chi connectivity index (χ3v) is 2.35. The second-order valence-corrected chi connectivity index (χ2v) is 4.03. The van der Waals surface area contributed by atoms with Gasteiger partial charge in [-0.25, -0.2) is 0 Å². The van der Waals surface area contributed by atoms with E-state index in [1.807, 2.05) is 0 Å². The highest BCUT2D eigenvalue weighted by Crippen LogP contribution is 2.21. The number of carbonyl (C=O) groups excluding carboxylic acids is 1. The first kappa shape index (κ1) is 14.1. The van der Waals surface area contributed by atoms with Crippen molar-refractivity contribution in [2.24, 2.45) is 0 Å². The summed E-state index contributed by atoms with van der Waals surface area (Å²) >= 11 is 11.1. The van der Waals surface area contributed by atoms with Crippen LogP contribution in [0.15, 0.2) is 18.2 Å². The average Bonchev–Trinajstić information content (AvgIpc) is 2.28. The maximum Gasteiger partial charge on any atom is 0.255 e. The number of aromatic hydroxyl groups is 1. The molecule has 0 bridgehead atoms. The Morgan fingerprint density at radius 1 is 1.41 bits per heavy atom. The monoisotopic (exact) mass is 277 g/mol. The molecule has 2 N–H and O–H groups in total. The Kier molecular flexibility index (Phi) is 6.11. The van der Waals surface area contributed by atoms with Crippen LogP contribution in [0.1, 0.15) is 10.4 Å². The number of rotatable bonds is 6. The third-order valence-electron chi connectivity index (χ3n) is 1.96. The standard InChI is InChI=1S/C11H13Cl2NO3/c12-3-5-17-6-4-14-11(16)9-2-1-8(13)7-10(9)15/h1-2,7,15H,3-6H2,(H,14,16). The fourth-order valence-corrected chi connectivity index (χ4v) is 1.46. The summed E-state index contributed by atoms with van der Waals surface area (Å²) in [6, 6.07) is 4.33. The molecule has 0 atom stereocenters. The Bertz CT molecular complexity index is 385. The third kappa shape index (κ3) is 4.81. The van der Waals surface area contributed by atoms with E-state index in [0.717, 1.165) is 0 Å². The first-order valence-corrected chi connectivity index (χ1v) is 5.97.